The SMILES string of the molecule is C=Cc1ccc2c(c1C=C)CCC(c1cc(F)c(F)cc1F)O2.CC.C[N+](=O)[O-]. The molecule has 0 saturated heterocycles. The average Bonchev–Trinajstić information content (AvgIpc) is 2.70. The second-order valence-electron chi connectivity index (χ2n) is 5.83. The van der Waals surface area contributed by atoms with Gasteiger partial charge in [0, 0.05) is 22.1 Å². The van der Waals surface area contributed by atoms with Crippen LogP contribution < -0.4 is 4.74 Å². The summed E-state index contributed by atoms with van der Waals surface area (Å²) in [6, 6.07) is 5.04. The molecule has 0 amide bonds. The summed E-state index contributed by atoms with van der Waals surface area (Å²) in [4.78, 5) is 8.31. The Balaban J connectivity index is 0.000000627. The second-order valence-corrected chi connectivity index (χ2v) is 5.83. The van der Waals surface area contributed by atoms with Gasteiger partial charge in [0.1, 0.15) is 17.7 Å². The molecule has 1 heterocycles. The molecular formula is C22H24F3NO3. The molecule has 3 rings (SSSR count). The molecular weight excluding hydrogens is 383 g/mol. The van der Waals surface area contributed by atoms with E-state index in [0.29, 0.717) is 24.7 Å². The van der Waals surface area contributed by atoms with E-state index in [1.54, 1.807) is 18.2 Å². The molecule has 1 atom stereocenters. The zero-order chi connectivity index (χ0) is 22.1. The minimum Gasteiger partial charge on any atom is -0.485 e. The van der Waals surface area contributed by atoms with Crippen LogP contribution in [0, 0.1) is 27.6 Å². The van der Waals surface area contributed by atoms with Crippen molar-refractivity contribution < 1.29 is 22.8 Å². The zero-order valence-corrected chi connectivity index (χ0v) is 16.7. The molecule has 0 spiro atoms. The van der Waals surface area contributed by atoms with E-state index in [1.807, 2.05) is 19.9 Å². The summed E-state index contributed by atoms with van der Waals surface area (Å²) in [6.07, 6.45) is 3.92. The molecule has 0 saturated carbocycles. The first-order valence-corrected chi connectivity index (χ1v) is 9.08. The highest BCUT2D eigenvalue weighted by atomic mass is 19.2. The summed E-state index contributed by atoms with van der Waals surface area (Å²) < 4.78 is 46.2. The van der Waals surface area contributed by atoms with Crippen molar-refractivity contribution >= 4 is 12.2 Å². The molecule has 1 unspecified atom stereocenters. The van der Waals surface area contributed by atoms with Crippen molar-refractivity contribution in [2.45, 2.75) is 32.8 Å². The third-order valence-corrected chi connectivity index (χ3v) is 4.08. The minimum absolute atomic E-state index is 0.0301. The topological polar surface area (TPSA) is 52.4 Å². The van der Waals surface area contributed by atoms with Crippen LogP contribution in [-0.4, -0.2) is 12.0 Å². The Morgan fingerprint density at radius 1 is 1.10 bits per heavy atom. The summed E-state index contributed by atoms with van der Waals surface area (Å²) in [5.74, 6) is -2.48. The minimum atomic E-state index is -1.20. The lowest BCUT2D eigenvalue weighted by molar-refractivity contribution is -0.445. The van der Waals surface area contributed by atoms with Gasteiger partial charge >= 0.3 is 0 Å². The lowest BCUT2D eigenvalue weighted by atomic mass is 9.91. The fourth-order valence-corrected chi connectivity index (χ4v) is 2.94. The third-order valence-electron chi connectivity index (χ3n) is 4.08. The van der Waals surface area contributed by atoms with E-state index in [4.69, 9.17) is 14.9 Å². The van der Waals surface area contributed by atoms with E-state index in [-0.39, 0.29) is 5.56 Å². The fourth-order valence-electron chi connectivity index (χ4n) is 2.94. The van der Waals surface area contributed by atoms with E-state index in [9.17, 15) is 13.2 Å². The molecule has 0 N–H and O–H groups in total. The summed E-state index contributed by atoms with van der Waals surface area (Å²) >= 11 is 0. The predicted octanol–water partition coefficient (Wildman–Crippen LogP) is 6.38. The van der Waals surface area contributed by atoms with Gasteiger partial charge in [-0.15, -0.1) is 0 Å². The van der Waals surface area contributed by atoms with Crippen molar-refractivity contribution in [1.82, 2.24) is 0 Å². The van der Waals surface area contributed by atoms with Crippen molar-refractivity contribution in [3.8, 4) is 5.75 Å². The van der Waals surface area contributed by atoms with Crippen molar-refractivity contribution in [3.05, 3.63) is 87.2 Å². The number of hydrogen-bond acceptors (Lipinski definition) is 3. The largest absolute Gasteiger partial charge is 0.485 e. The molecule has 29 heavy (non-hydrogen) atoms. The standard InChI is InChI=1S/C19H15F3O.C2H6.CH3NO2/c1-3-11-5-7-18-13(12(11)4-2)6-8-19(23-18)14-9-16(21)17(22)10-15(14)20;1-2;1-2(3)4/h3-5,7,9-10,19H,1-2,6,8H2;1-2H3;1H3. The number of rotatable bonds is 3. The van der Waals surface area contributed by atoms with Crippen LogP contribution in [0.4, 0.5) is 13.2 Å². The zero-order valence-electron chi connectivity index (χ0n) is 16.7. The predicted molar refractivity (Wildman–Crippen MR) is 109 cm³/mol. The molecule has 0 radical (unpaired) electrons. The van der Waals surface area contributed by atoms with E-state index in [0.717, 1.165) is 29.8 Å². The number of nitro groups is 1. The normalized spacial score (nSPS) is 14.1. The summed E-state index contributed by atoms with van der Waals surface area (Å²) in [5, 5.41) is 8.81. The molecule has 0 aliphatic carbocycles. The van der Waals surface area contributed by atoms with Gasteiger partial charge in [0.2, 0.25) is 0 Å². The van der Waals surface area contributed by atoms with Crippen molar-refractivity contribution in [2.24, 2.45) is 0 Å². The van der Waals surface area contributed by atoms with Gasteiger partial charge in [-0.2, -0.15) is 0 Å². The van der Waals surface area contributed by atoms with Crippen LogP contribution in [-0.2, 0) is 6.42 Å². The van der Waals surface area contributed by atoms with Gasteiger partial charge in [-0.25, -0.2) is 13.2 Å². The monoisotopic (exact) mass is 407 g/mol. The maximum atomic E-state index is 13.9. The second kappa shape index (κ2) is 11.0. The van der Waals surface area contributed by atoms with Gasteiger partial charge in [0.15, 0.2) is 18.7 Å². The Labute approximate surface area is 168 Å². The third kappa shape index (κ3) is 5.94. The number of hydrogen-bond donors (Lipinski definition) is 0. The van der Waals surface area contributed by atoms with Crippen LogP contribution in [0.25, 0.3) is 12.2 Å². The molecule has 2 aromatic rings. The van der Waals surface area contributed by atoms with Gasteiger partial charge in [-0.3, -0.25) is 10.1 Å². The quantitative estimate of drug-likeness (QED) is 0.337. The van der Waals surface area contributed by atoms with Crippen LogP contribution in [0.3, 0.4) is 0 Å². The number of nitrogens with zero attached hydrogens (tertiary/aromatic N) is 1. The number of ether oxygens (including phenoxy) is 1. The molecule has 2 aromatic carbocycles. The Kier molecular flexibility index (Phi) is 9.12. The highest BCUT2D eigenvalue weighted by Crippen LogP contribution is 2.39. The Morgan fingerprint density at radius 2 is 1.69 bits per heavy atom. The molecule has 0 aromatic heterocycles. The van der Waals surface area contributed by atoms with Crippen LogP contribution in [0.2, 0.25) is 0 Å². The summed E-state index contributed by atoms with van der Waals surface area (Å²) in [7, 11) is 0.889. The Morgan fingerprint density at radius 3 is 2.24 bits per heavy atom. The first-order chi connectivity index (χ1) is 13.8. The van der Waals surface area contributed by atoms with Crippen LogP contribution in [0.1, 0.15) is 48.6 Å². The molecule has 1 aliphatic rings. The number of benzene rings is 2. The van der Waals surface area contributed by atoms with Gasteiger partial charge in [-0.1, -0.05) is 45.2 Å². The van der Waals surface area contributed by atoms with Gasteiger partial charge in [0.05, 0.1) is 0 Å². The van der Waals surface area contributed by atoms with Crippen LogP contribution >= 0.6 is 0 Å². The van der Waals surface area contributed by atoms with Gasteiger partial charge in [-0.05, 0) is 36.1 Å². The molecule has 0 bridgehead atoms. The molecule has 1 aliphatic heterocycles. The first-order valence-electron chi connectivity index (χ1n) is 9.08. The van der Waals surface area contributed by atoms with E-state index in [1.165, 1.54) is 0 Å². The fraction of sp³-hybridized carbons (Fsp3) is 0.273. The molecule has 4 nitrogen and oxygen atoms in total. The van der Waals surface area contributed by atoms with E-state index < -0.39 is 28.5 Å². The first kappa shape index (κ1) is 23.9. The number of fused-ring (bicyclic) bond motifs is 1. The van der Waals surface area contributed by atoms with E-state index >= 15 is 0 Å². The maximum Gasteiger partial charge on any atom is 0.194 e. The van der Waals surface area contributed by atoms with E-state index in [2.05, 4.69) is 13.2 Å². The summed E-state index contributed by atoms with van der Waals surface area (Å²) in [5.41, 5.74) is 2.88. The van der Waals surface area contributed by atoms with Crippen LogP contribution in [0.15, 0.2) is 37.4 Å². The van der Waals surface area contributed by atoms with Gasteiger partial charge < -0.3 is 4.74 Å². The molecule has 0 fully saturated rings. The average molecular weight is 407 g/mol. The lowest BCUT2D eigenvalue weighted by Gasteiger charge is -2.28. The van der Waals surface area contributed by atoms with Crippen molar-refractivity contribution in [2.75, 3.05) is 7.05 Å². The highest BCUT2D eigenvalue weighted by molar-refractivity contribution is 5.69. The van der Waals surface area contributed by atoms with Crippen LogP contribution in [0.5, 0.6) is 5.75 Å². The smallest absolute Gasteiger partial charge is 0.194 e. The van der Waals surface area contributed by atoms with Crippen molar-refractivity contribution in [3.63, 3.8) is 0 Å². The lowest BCUT2D eigenvalue weighted by Crippen LogP contribution is -2.18. The molecule has 7 heteroatoms. The maximum absolute atomic E-state index is 13.9. The number of halogens is 3. The summed E-state index contributed by atoms with van der Waals surface area (Å²) in [6.45, 7) is 11.6. The Bertz CT molecular complexity index is 893. The highest BCUT2D eigenvalue weighted by Gasteiger charge is 2.26. The van der Waals surface area contributed by atoms with Gasteiger partial charge in [0.25, 0.3) is 0 Å². The molecule has 156 valence electrons. The van der Waals surface area contributed by atoms with Crippen molar-refractivity contribution in [1.29, 1.82) is 0 Å². The Hall–Kier alpha value is -3.09.